The highest BCUT2D eigenvalue weighted by Crippen LogP contribution is 2.32. The largest absolute Gasteiger partial charge is 0.493 e. The highest BCUT2D eigenvalue weighted by Gasteiger charge is 2.16. The monoisotopic (exact) mass is 210 g/mol. The molecule has 0 aliphatic carbocycles. The van der Waals surface area contributed by atoms with Gasteiger partial charge in [-0.05, 0) is 18.4 Å². The molecule has 0 aliphatic rings. The molecule has 0 amide bonds. The zero-order valence-electron chi connectivity index (χ0n) is 9.00. The minimum atomic E-state index is -0.376. The summed E-state index contributed by atoms with van der Waals surface area (Å²) in [5, 5.41) is 0. The van der Waals surface area contributed by atoms with Crippen LogP contribution < -0.4 is 4.74 Å². The van der Waals surface area contributed by atoms with Gasteiger partial charge in [-0.3, -0.25) is 0 Å². The Hall–Kier alpha value is -1.38. The lowest BCUT2D eigenvalue weighted by Gasteiger charge is -2.16. The first-order valence-electron chi connectivity index (χ1n) is 5.00. The molecule has 2 nitrogen and oxygen atoms in total. The second-order valence-corrected chi connectivity index (χ2v) is 3.37. The number of methoxy groups -OCH3 is 1. The van der Waals surface area contributed by atoms with Crippen LogP contribution in [0, 0.1) is 5.82 Å². The van der Waals surface area contributed by atoms with Crippen molar-refractivity contribution in [1.29, 1.82) is 0 Å². The number of aldehydes is 1. The number of carbonyl (C=O) groups is 1. The maximum atomic E-state index is 13.4. The summed E-state index contributed by atoms with van der Waals surface area (Å²) in [5.74, 6) is -0.0845. The predicted octanol–water partition coefficient (Wildman–Crippen LogP) is 2.92. The van der Waals surface area contributed by atoms with E-state index in [0.717, 1.165) is 18.3 Å². The molecule has 3 heteroatoms. The molecule has 0 bridgehead atoms. The van der Waals surface area contributed by atoms with Crippen molar-refractivity contribution in [3.8, 4) is 5.75 Å². The molecule has 1 atom stereocenters. The van der Waals surface area contributed by atoms with Crippen molar-refractivity contribution in [3.05, 3.63) is 29.6 Å². The van der Waals surface area contributed by atoms with Gasteiger partial charge in [0.15, 0.2) is 11.6 Å². The zero-order chi connectivity index (χ0) is 11.3. The number of para-hydroxylation sites is 1. The van der Waals surface area contributed by atoms with E-state index >= 15 is 0 Å². The highest BCUT2D eigenvalue weighted by atomic mass is 19.1. The first-order valence-corrected chi connectivity index (χ1v) is 5.00. The number of rotatable bonds is 5. The van der Waals surface area contributed by atoms with Crippen molar-refractivity contribution in [2.45, 2.75) is 25.7 Å². The van der Waals surface area contributed by atoms with E-state index < -0.39 is 0 Å². The van der Waals surface area contributed by atoms with Crippen LogP contribution >= 0.6 is 0 Å². The molecule has 82 valence electrons. The Balaban J connectivity index is 3.10. The van der Waals surface area contributed by atoms with E-state index in [-0.39, 0.29) is 17.5 Å². The van der Waals surface area contributed by atoms with E-state index in [4.69, 9.17) is 4.74 Å². The summed E-state index contributed by atoms with van der Waals surface area (Å²) in [5.41, 5.74) is 0.770. The van der Waals surface area contributed by atoms with E-state index in [1.54, 1.807) is 12.1 Å². The molecule has 15 heavy (non-hydrogen) atoms. The van der Waals surface area contributed by atoms with Gasteiger partial charge in [-0.25, -0.2) is 4.39 Å². The summed E-state index contributed by atoms with van der Waals surface area (Å²) < 4.78 is 18.4. The highest BCUT2D eigenvalue weighted by molar-refractivity contribution is 5.53. The molecule has 0 radical (unpaired) electrons. The Morgan fingerprint density at radius 3 is 2.80 bits per heavy atom. The van der Waals surface area contributed by atoms with Crippen LogP contribution in [-0.2, 0) is 4.79 Å². The van der Waals surface area contributed by atoms with Gasteiger partial charge in [0.05, 0.1) is 7.11 Å². The first kappa shape index (κ1) is 11.7. The van der Waals surface area contributed by atoms with Crippen LogP contribution in [0.15, 0.2) is 18.2 Å². The normalized spacial score (nSPS) is 12.2. The Morgan fingerprint density at radius 2 is 2.27 bits per heavy atom. The summed E-state index contributed by atoms with van der Waals surface area (Å²) >= 11 is 0. The van der Waals surface area contributed by atoms with Gasteiger partial charge in [-0.15, -0.1) is 0 Å². The Morgan fingerprint density at radius 1 is 1.53 bits per heavy atom. The first-order chi connectivity index (χ1) is 7.24. The summed E-state index contributed by atoms with van der Waals surface area (Å²) in [6.07, 6.45) is 2.05. The SMILES string of the molecule is CCC(CC=O)c1cccc(F)c1OC. The van der Waals surface area contributed by atoms with Crippen molar-refractivity contribution < 1.29 is 13.9 Å². The van der Waals surface area contributed by atoms with Gasteiger partial charge >= 0.3 is 0 Å². The van der Waals surface area contributed by atoms with E-state index in [1.165, 1.54) is 13.2 Å². The molecule has 0 spiro atoms. The third-order valence-electron chi connectivity index (χ3n) is 2.51. The van der Waals surface area contributed by atoms with E-state index in [1.807, 2.05) is 6.92 Å². The Bertz CT molecular complexity index is 336. The lowest BCUT2D eigenvalue weighted by molar-refractivity contribution is -0.108. The molecular weight excluding hydrogens is 195 g/mol. The Labute approximate surface area is 89.1 Å². The van der Waals surface area contributed by atoms with Crippen LogP contribution in [0.1, 0.15) is 31.2 Å². The van der Waals surface area contributed by atoms with Crippen molar-refractivity contribution in [1.82, 2.24) is 0 Å². The topological polar surface area (TPSA) is 26.3 Å². The fourth-order valence-electron chi connectivity index (χ4n) is 1.69. The molecule has 0 N–H and O–H groups in total. The Kier molecular flexibility index (Phi) is 4.28. The van der Waals surface area contributed by atoms with E-state index in [9.17, 15) is 9.18 Å². The molecule has 0 heterocycles. The molecule has 0 saturated carbocycles. The smallest absolute Gasteiger partial charge is 0.165 e. The number of ether oxygens (including phenoxy) is 1. The molecule has 0 saturated heterocycles. The number of hydrogen-bond donors (Lipinski definition) is 0. The van der Waals surface area contributed by atoms with Crippen molar-refractivity contribution in [3.63, 3.8) is 0 Å². The van der Waals surface area contributed by atoms with E-state index in [2.05, 4.69) is 0 Å². The summed E-state index contributed by atoms with van der Waals surface area (Å²) in [6, 6.07) is 4.80. The second kappa shape index (κ2) is 5.49. The fraction of sp³-hybridized carbons (Fsp3) is 0.417. The van der Waals surface area contributed by atoms with Crippen LogP contribution in [0.25, 0.3) is 0 Å². The van der Waals surface area contributed by atoms with Crippen LogP contribution in [0.4, 0.5) is 4.39 Å². The van der Waals surface area contributed by atoms with E-state index in [0.29, 0.717) is 6.42 Å². The fourth-order valence-corrected chi connectivity index (χ4v) is 1.69. The molecule has 1 rings (SSSR count). The van der Waals surface area contributed by atoms with Gasteiger partial charge in [0, 0.05) is 12.0 Å². The molecule has 1 aromatic carbocycles. The van der Waals surface area contributed by atoms with Crippen LogP contribution in [0.3, 0.4) is 0 Å². The van der Waals surface area contributed by atoms with Crippen LogP contribution in [0.5, 0.6) is 5.75 Å². The van der Waals surface area contributed by atoms with Gasteiger partial charge in [0.25, 0.3) is 0 Å². The van der Waals surface area contributed by atoms with Gasteiger partial charge in [0.2, 0.25) is 0 Å². The standard InChI is InChI=1S/C12H15FO2/c1-3-9(7-8-14)10-5-4-6-11(13)12(10)15-2/h4-6,8-9H,3,7H2,1-2H3. The van der Waals surface area contributed by atoms with Gasteiger partial charge in [-0.1, -0.05) is 19.1 Å². The minimum Gasteiger partial charge on any atom is -0.493 e. The number of carbonyl (C=O) groups excluding carboxylic acids is 1. The quantitative estimate of drug-likeness (QED) is 0.698. The average molecular weight is 210 g/mol. The molecule has 0 fully saturated rings. The maximum Gasteiger partial charge on any atom is 0.165 e. The lowest BCUT2D eigenvalue weighted by Crippen LogP contribution is -2.02. The predicted molar refractivity (Wildman–Crippen MR) is 56.7 cm³/mol. The molecule has 0 aliphatic heterocycles. The third-order valence-corrected chi connectivity index (χ3v) is 2.51. The van der Waals surface area contributed by atoms with Crippen molar-refractivity contribution in [2.75, 3.05) is 7.11 Å². The maximum absolute atomic E-state index is 13.4. The average Bonchev–Trinajstić information content (AvgIpc) is 2.25. The van der Waals surface area contributed by atoms with Gasteiger partial charge < -0.3 is 9.53 Å². The van der Waals surface area contributed by atoms with Gasteiger partial charge in [0.1, 0.15) is 6.29 Å². The lowest BCUT2D eigenvalue weighted by atomic mass is 9.93. The summed E-state index contributed by atoms with van der Waals surface area (Å²) in [4.78, 5) is 10.5. The third kappa shape index (κ3) is 2.55. The van der Waals surface area contributed by atoms with Crippen molar-refractivity contribution >= 4 is 6.29 Å². The molecular formula is C12H15FO2. The number of halogens is 1. The zero-order valence-corrected chi connectivity index (χ0v) is 9.00. The van der Waals surface area contributed by atoms with Crippen LogP contribution in [0.2, 0.25) is 0 Å². The molecule has 1 aromatic rings. The number of benzene rings is 1. The number of hydrogen-bond acceptors (Lipinski definition) is 2. The summed E-state index contributed by atoms with van der Waals surface area (Å²) in [6.45, 7) is 1.97. The molecule has 1 unspecified atom stereocenters. The van der Waals surface area contributed by atoms with Crippen molar-refractivity contribution in [2.24, 2.45) is 0 Å². The summed E-state index contributed by atoms with van der Waals surface area (Å²) in [7, 11) is 1.44. The van der Waals surface area contributed by atoms with Crippen LogP contribution in [-0.4, -0.2) is 13.4 Å². The molecule has 0 aromatic heterocycles. The van der Waals surface area contributed by atoms with Gasteiger partial charge in [-0.2, -0.15) is 0 Å². The minimum absolute atomic E-state index is 0.0353. The second-order valence-electron chi connectivity index (χ2n) is 3.37.